The van der Waals surface area contributed by atoms with E-state index in [1.54, 1.807) is 0 Å². The third kappa shape index (κ3) is 5.14. The van der Waals surface area contributed by atoms with Gasteiger partial charge in [0, 0.05) is 56.7 Å². The SMILES string of the molecule is CCn1c2ccccc2c2cc(-c3cccc4c(-c5ccc6cccc(-c7ccccc7)c6c5)c5cccc(-c6ccc7c(c6)c6ccccc6n7CC)c5cc34)ccc21. The van der Waals surface area contributed by atoms with Crippen molar-refractivity contribution in [3.63, 3.8) is 0 Å². The van der Waals surface area contributed by atoms with Gasteiger partial charge < -0.3 is 9.13 Å². The highest BCUT2D eigenvalue weighted by atomic mass is 15.0. The molecule has 12 rings (SSSR count). The Morgan fingerprint density at radius 3 is 1.30 bits per heavy atom. The molecule has 0 spiro atoms. The van der Waals surface area contributed by atoms with Gasteiger partial charge >= 0.3 is 0 Å². The van der Waals surface area contributed by atoms with E-state index in [1.807, 2.05) is 0 Å². The van der Waals surface area contributed by atoms with Crippen LogP contribution in [0.4, 0.5) is 0 Å². The van der Waals surface area contributed by atoms with Gasteiger partial charge in [-0.3, -0.25) is 0 Å². The zero-order valence-electron chi connectivity index (χ0n) is 33.8. The summed E-state index contributed by atoms with van der Waals surface area (Å²) < 4.78 is 4.88. The molecule has 60 heavy (non-hydrogen) atoms. The van der Waals surface area contributed by atoms with E-state index in [-0.39, 0.29) is 0 Å². The summed E-state index contributed by atoms with van der Waals surface area (Å²) in [7, 11) is 0. The first-order valence-corrected chi connectivity index (χ1v) is 21.3. The maximum absolute atomic E-state index is 2.48. The fourth-order valence-electron chi connectivity index (χ4n) is 10.4. The number of aryl methyl sites for hydroxylation is 2. The van der Waals surface area contributed by atoms with E-state index in [4.69, 9.17) is 0 Å². The van der Waals surface area contributed by atoms with Crippen molar-refractivity contribution in [2.45, 2.75) is 26.9 Å². The number of aromatic nitrogens is 2. The number of para-hydroxylation sites is 2. The molecule has 2 heterocycles. The summed E-state index contributed by atoms with van der Waals surface area (Å²) in [5.74, 6) is 0. The number of hydrogen-bond donors (Lipinski definition) is 0. The van der Waals surface area contributed by atoms with Gasteiger partial charge in [0.25, 0.3) is 0 Å². The molecule has 0 N–H and O–H groups in total. The van der Waals surface area contributed by atoms with Gasteiger partial charge in [-0.2, -0.15) is 0 Å². The molecular weight excluding hydrogens is 725 g/mol. The highest BCUT2D eigenvalue weighted by molar-refractivity contribution is 6.21. The molecule has 0 amide bonds. The van der Waals surface area contributed by atoms with Crippen molar-refractivity contribution in [3.05, 3.63) is 194 Å². The van der Waals surface area contributed by atoms with Gasteiger partial charge in [-0.15, -0.1) is 0 Å². The second-order valence-corrected chi connectivity index (χ2v) is 16.1. The van der Waals surface area contributed by atoms with Crippen molar-refractivity contribution in [1.82, 2.24) is 9.13 Å². The summed E-state index contributed by atoms with van der Waals surface area (Å²) in [6.07, 6.45) is 0. The van der Waals surface area contributed by atoms with Gasteiger partial charge in [-0.1, -0.05) is 146 Å². The van der Waals surface area contributed by atoms with E-state index in [9.17, 15) is 0 Å². The molecule has 0 saturated carbocycles. The van der Waals surface area contributed by atoms with Crippen LogP contribution in [0.2, 0.25) is 0 Å². The summed E-state index contributed by atoms with van der Waals surface area (Å²) in [4.78, 5) is 0. The van der Waals surface area contributed by atoms with Gasteiger partial charge in [0.1, 0.15) is 0 Å². The van der Waals surface area contributed by atoms with Crippen molar-refractivity contribution in [2.24, 2.45) is 0 Å². The first-order valence-electron chi connectivity index (χ1n) is 21.3. The molecule has 0 radical (unpaired) electrons. The van der Waals surface area contributed by atoms with E-state index in [0.717, 1.165) is 13.1 Å². The molecule has 10 aromatic carbocycles. The third-order valence-corrected chi connectivity index (χ3v) is 13.1. The second-order valence-electron chi connectivity index (χ2n) is 16.1. The van der Waals surface area contributed by atoms with Crippen LogP contribution in [0.25, 0.3) is 120 Å². The predicted molar refractivity (Wildman–Crippen MR) is 258 cm³/mol. The van der Waals surface area contributed by atoms with E-state index in [2.05, 4.69) is 217 Å². The first kappa shape index (κ1) is 34.6. The molecule has 12 aromatic rings. The van der Waals surface area contributed by atoms with Crippen LogP contribution in [0, 0.1) is 0 Å². The van der Waals surface area contributed by atoms with Crippen molar-refractivity contribution in [2.75, 3.05) is 0 Å². The lowest BCUT2D eigenvalue weighted by atomic mass is 9.85. The Labute approximate surface area is 349 Å². The summed E-state index contributed by atoms with van der Waals surface area (Å²) in [6.45, 7) is 6.34. The molecule has 0 aliphatic heterocycles. The highest BCUT2D eigenvalue weighted by Crippen LogP contribution is 2.46. The van der Waals surface area contributed by atoms with Crippen molar-refractivity contribution in [1.29, 1.82) is 0 Å². The normalized spacial score (nSPS) is 12.0. The largest absolute Gasteiger partial charge is 0.341 e. The van der Waals surface area contributed by atoms with Gasteiger partial charge in [-0.25, -0.2) is 0 Å². The lowest BCUT2D eigenvalue weighted by molar-refractivity contribution is 0.827. The molecule has 2 nitrogen and oxygen atoms in total. The van der Waals surface area contributed by atoms with Crippen LogP contribution >= 0.6 is 0 Å². The van der Waals surface area contributed by atoms with Gasteiger partial charge in [-0.05, 0) is 139 Å². The molecule has 0 atom stereocenters. The molecule has 0 saturated heterocycles. The topological polar surface area (TPSA) is 9.86 Å². The zero-order chi connectivity index (χ0) is 39.9. The first-order chi connectivity index (χ1) is 29.7. The monoisotopic (exact) mass is 766 g/mol. The van der Waals surface area contributed by atoms with Crippen molar-refractivity contribution in [3.8, 4) is 44.5 Å². The lowest BCUT2D eigenvalue weighted by Gasteiger charge is -2.18. The maximum Gasteiger partial charge on any atom is 0.0491 e. The molecule has 0 aliphatic rings. The van der Waals surface area contributed by atoms with Crippen LogP contribution in [-0.2, 0) is 13.1 Å². The summed E-state index contributed by atoms with van der Waals surface area (Å²) in [5, 5.41) is 12.7. The maximum atomic E-state index is 2.48. The Hall–Kier alpha value is -7.42. The standard InChI is InChI=1S/C58H42N2/c1-3-59-54-25-10-8-18-45(54)52-33-39(29-31-56(52)59)43-21-13-23-47-50(43)36-51-44(40-30-32-57-53(34-40)46-19-9-11-26-55(46)60(57)4-2)22-14-24-48(51)58(47)41-28-27-38-17-12-20-42(49(38)35-41)37-15-6-5-7-16-37/h5-36H,3-4H2,1-2H3. The van der Waals surface area contributed by atoms with Crippen LogP contribution in [0.1, 0.15) is 13.8 Å². The summed E-state index contributed by atoms with van der Waals surface area (Å²) in [5.41, 5.74) is 15.0. The Kier molecular flexibility index (Phi) is 7.83. The highest BCUT2D eigenvalue weighted by Gasteiger charge is 2.19. The second kappa shape index (κ2) is 13.6. The molecule has 0 fully saturated rings. The number of nitrogens with zero attached hydrogens (tertiary/aromatic N) is 2. The van der Waals surface area contributed by atoms with Gasteiger partial charge in [0.2, 0.25) is 0 Å². The Morgan fingerprint density at radius 2 is 0.733 bits per heavy atom. The quantitative estimate of drug-likeness (QED) is 0.149. The fourth-order valence-corrected chi connectivity index (χ4v) is 10.4. The number of rotatable bonds is 6. The Morgan fingerprint density at radius 1 is 0.283 bits per heavy atom. The summed E-state index contributed by atoms with van der Waals surface area (Å²) >= 11 is 0. The van der Waals surface area contributed by atoms with Crippen molar-refractivity contribution < 1.29 is 0 Å². The predicted octanol–water partition coefficient (Wildman–Crippen LogP) is 16.1. The molecule has 284 valence electrons. The van der Waals surface area contributed by atoms with E-state index >= 15 is 0 Å². The number of fused-ring (bicyclic) bond motifs is 9. The molecule has 0 bridgehead atoms. The van der Waals surface area contributed by atoms with Gasteiger partial charge in [0.05, 0.1) is 0 Å². The molecule has 0 aliphatic carbocycles. The smallest absolute Gasteiger partial charge is 0.0491 e. The minimum Gasteiger partial charge on any atom is -0.341 e. The molecule has 0 unspecified atom stereocenters. The minimum atomic E-state index is 0.929. The molecular formula is C58H42N2. The average molecular weight is 767 g/mol. The zero-order valence-corrected chi connectivity index (χ0v) is 33.8. The number of benzene rings is 10. The Balaban J connectivity index is 1.17. The fraction of sp³-hybridized carbons (Fsp3) is 0.0690. The molecule has 2 aromatic heterocycles. The van der Waals surface area contributed by atoms with Crippen molar-refractivity contribution >= 4 is 75.9 Å². The lowest BCUT2D eigenvalue weighted by Crippen LogP contribution is -1.93. The third-order valence-electron chi connectivity index (χ3n) is 13.1. The molecule has 2 heteroatoms. The van der Waals surface area contributed by atoms with E-state index < -0.39 is 0 Å². The average Bonchev–Trinajstić information content (AvgIpc) is 3.81. The number of hydrogen-bond acceptors (Lipinski definition) is 0. The van der Waals surface area contributed by atoms with Crippen LogP contribution in [-0.4, -0.2) is 9.13 Å². The van der Waals surface area contributed by atoms with E-state index in [1.165, 1.54) is 120 Å². The van der Waals surface area contributed by atoms with Crippen LogP contribution in [0.3, 0.4) is 0 Å². The van der Waals surface area contributed by atoms with Crippen LogP contribution in [0.5, 0.6) is 0 Å². The van der Waals surface area contributed by atoms with Gasteiger partial charge in [0.15, 0.2) is 0 Å². The van der Waals surface area contributed by atoms with Crippen LogP contribution < -0.4 is 0 Å². The summed E-state index contributed by atoms with van der Waals surface area (Å²) in [6, 6.07) is 72.7. The Bertz CT molecular complexity index is 3500. The van der Waals surface area contributed by atoms with E-state index in [0.29, 0.717) is 0 Å². The minimum absolute atomic E-state index is 0.929. The van der Waals surface area contributed by atoms with Crippen LogP contribution in [0.15, 0.2) is 194 Å².